The van der Waals surface area contributed by atoms with Crippen LogP contribution in [0.1, 0.15) is 24.8 Å². The number of hydrogen-bond donors (Lipinski definition) is 3. The highest BCUT2D eigenvalue weighted by Gasteiger charge is 2.04. The molecule has 88 valence electrons. The molecule has 0 saturated heterocycles. The largest absolute Gasteiger partial charge is 0.508 e. The van der Waals surface area contributed by atoms with E-state index in [0.717, 1.165) is 5.56 Å². The summed E-state index contributed by atoms with van der Waals surface area (Å²) in [5.41, 5.74) is 1.54. The molecule has 16 heavy (non-hydrogen) atoms. The zero-order valence-corrected chi connectivity index (χ0v) is 9.36. The molecule has 1 aromatic rings. The Bertz CT molecular complexity index is 363. The van der Waals surface area contributed by atoms with Gasteiger partial charge in [-0.15, -0.1) is 0 Å². The molecule has 1 amide bonds. The second kappa shape index (κ2) is 6.12. The number of aliphatic hydroxyl groups excluding tert-OH is 1. The topological polar surface area (TPSA) is 69.6 Å². The van der Waals surface area contributed by atoms with Gasteiger partial charge in [0.25, 0.3) is 0 Å². The fraction of sp³-hybridized carbons (Fsp3) is 0.417. The Morgan fingerprint density at radius 3 is 2.75 bits per heavy atom. The first-order valence-corrected chi connectivity index (χ1v) is 5.34. The number of aryl methyl sites for hydroxylation is 1. The van der Waals surface area contributed by atoms with Crippen LogP contribution in [-0.2, 0) is 4.79 Å². The number of carbonyl (C=O) groups is 1. The first-order valence-electron chi connectivity index (χ1n) is 5.34. The van der Waals surface area contributed by atoms with Crippen LogP contribution >= 0.6 is 0 Å². The van der Waals surface area contributed by atoms with Gasteiger partial charge < -0.3 is 15.5 Å². The standard InChI is InChI=1S/C12H17NO3/c1-9-8-10(15)5-6-11(9)13-12(16)4-2-3-7-14/h5-6,8,14-15H,2-4,7H2,1H3,(H,13,16). The van der Waals surface area contributed by atoms with E-state index in [9.17, 15) is 9.90 Å². The third kappa shape index (κ3) is 3.90. The van der Waals surface area contributed by atoms with Crippen LogP contribution in [-0.4, -0.2) is 22.7 Å². The Morgan fingerprint density at radius 1 is 1.38 bits per heavy atom. The fourth-order valence-corrected chi connectivity index (χ4v) is 1.40. The number of benzene rings is 1. The first kappa shape index (κ1) is 12.5. The van der Waals surface area contributed by atoms with Crippen molar-refractivity contribution in [2.75, 3.05) is 11.9 Å². The Hall–Kier alpha value is -1.55. The average Bonchev–Trinajstić information content (AvgIpc) is 2.23. The van der Waals surface area contributed by atoms with Gasteiger partial charge in [-0.2, -0.15) is 0 Å². The van der Waals surface area contributed by atoms with E-state index in [1.54, 1.807) is 12.1 Å². The Balaban J connectivity index is 2.49. The molecule has 0 aliphatic heterocycles. The van der Waals surface area contributed by atoms with Gasteiger partial charge in [0, 0.05) is 18.7 Å². The molecule has 0 saturated carbocycles. The maximum absolute atomic E-state index is 11.5. The van der Waals surface area contributed by atoms with Crippen LogP contribution in [0.5, 0.6) is 5.75 Å². The van der Waals surface area contributed by atoms with Gasteiger partial charge in [0.2, 0.25) is 5.91 Å². The van der Waals surface area contributed by atoms with Gasteiger partial charge in [0.05, 0.1) is 0 Å². The van der Waals surface area contributed by atoms with Crippen molar-refractivity contribution in [1.29, 1.82) is 0 Å². The van der Waals surface area contributed by atoms with Crippen molar-refractivity contribution in [3.63, 3.8) is 0 Å². The Kier molecular flexibility index (Phi) is 4.79. The lowest BCUT2D eigenvalue weighted by atomic mass is 10.1. The number of aromatic hydroxyl groups is 1. The quantitative estimate of drug-likeness (QED) is 0.526. The number of phenols is 1. The number of rotatable bonds is 5. The van der Waals surface area contributed by atoms with Gasteiger partial charge in [0.1, 0.15) is 5.75 Å². The number of amides is 1. The summed E-state index contributed by atoms with van der Waals surface area (Å²) in [5.74, 6) is 0.123. The van der Waals surface area contributed by atoms with Gasteiger partial charge >= 0.3 is 0 Å². The number of aliphatic hydroxyl groups is 1. The minimum Gasteiger partial charge on any atom is -0.508 e. The Morgan fingerprint density at radius 2 is 2.12 bits per heavy atom. The summed E-state index contributed by atoms with van der Waals surface area (Å²) in [6.07, 6.45) is 1.72. The zero-order valence-electron chi connectivity index (χ0n) is 9.36. The van der Waals surface area contributed by atoms with Crippen LogP contribution in [0, 0.1) is 6.92 Å². The van der Waals surface area contributed by atoms with Crippen molar-refractivity contribution in [2.24, 2.45) is 0 Å². The van der Waals surface area contributed by atoms with E-state index in [-0.39, 0.29) is 18.3 Å². The highest BCUT2D eigenvalue weighted by molar-refractivity contribution is 5.91. The number of carbonyl (C=O) groups excluding carboxylic acids is 1. The van der Waals surface area contributed by atoms with Crippen molar-refractivity contribution < 1.29 is 15.0 Å². The maximum Gasteiger partial charge on any atom is 0.224 e. The average molecular weight is 223 g/mol. The SMILES string of the molecule is Cc1cc(O)ccc1NC(=O)CCCCO. The predicted molar refractivity (Wildman–Crippen MR) is 62.4 cm³/mol. The highest BCUT2D eigenvalue weighted by Crippen LogP contribution is 2.20. The summed E-state index contributed by atoms with van der Waals surface area (Å²) in [5, 5.41) is 20.6. The maximum atomic E-state index is 11.5. The van der Waals surface area contributed by atoms with Crippen molar-refractivity contribution in [1.82, 2.24) is 0 Å². The molecule has 0 unspecified atom stereocenters. The lowest BCUT2D eigenvalue weighted by Gasteiger charge is -2.08. The highest BCUT2D eigenvalue weighted by atomic mass is 16.3. The Labute approximate surface area is 94.9 Å². The van der Waals surface area contributed by atoms with Crippen LogP contribution in [0.4, 0.5) is 5.69 Å². The van der Waals surface area contributed by atoms with E-state index in [1.165, 1.54) is 6.07 Å². The van der Waals surface area contributed by atoms with E-state index in [1.807, 2.05) is 6.92 Å². The normalized spacial score (nSPS) is 10.1. The summed E-state index contributed by atoms with van der Waals surface area (Å²) in [6.45, 7) is 1.94. The summed E-state index contributed by atoms with van der Waals surface area (Å²) in [4.78, 5) is 11.5. The zero-order chi connectivity index (χ0) is 12.0. The van der Waals surface area contributed by atoms with Crippen molar-refractivity contribution in [3.8, 4) is 5.75 Å². The van der Waals surface area contributed by atoms with Crippen molar-refractivity contribution in [3.05, 3.63) is 23.8 Å². The van der Waals surface area contributed by atoms with E-state index in [0.29, 0.717) is 24.9 Å². The predicted octanol–water partition coefficient (Wildman–Crippen LogP) is 1.80. The van der Waals surface area contributed by atoms with Crippen molar-refractivity contribution >= 4 is 11.6 Å². The van der Waals surface area contributed by atoms with Crippen LogP contribution in [0.2, 0.25) is 0 Å². The molecule has 0 aliphatic carbocycles. The van der Waals surface area contributed by atoms with Gasteiger partial charge in [-0.05, 0) is 43.5 Å². The fourth-order valence-electron chi connectivity index (χ4n) is 1.40. The number of hydrogen-bond acceptors (Lipinski definition) is 3. The summed E-state index contributed by atoms with van der Waals surface area (Å²) >= 11 is 0. The second-order valence-electron chi connectivity index (χ2n) is 3.73. The molecule has 0 aliphatic rings. The molecule has 0 bridgehead atoms. The number of phenolic OH excluding ortho intramolecular Hbond substituents is 1. The molecule has 0 spiro atoms. The molecule has 4 heteroatoms. The summed E-state index contributed by atoms with van der Waals surface area (Å²) in [7, 11) is 0. The molecular weight excluding hydrogens is 206 g/mol. The number of anilines is 1. The van der Waals surface area contributed by atoms with Crippen LogP contribution in [0.15, 0.2) is 18.2 Å². The monoisotopic (exact) mass is 223 g/mol. The lowest BCUT2D eigenvalue weighted by Crippen LogP contribution is -2.12. The molecule has 0 aromatic heterocycles. The summed E-state index contributed by atoms with van der Waals surface area (Å²) in [6, 6.07) is 4.81. The second-order valence-corrected chi connectivity index (χ2v) is 3.73. The first-order chi connectivity index (χ1) is 7.63. The molecule has 4 nitrogen and oxygen atoms in total. The summed E-state index contributed by atoms with van der Waals surface area (Å²) < 4.78 is 0. The molecule has 0 heterocycles. The molecule has 1 rings (SSSR count). The van der Waals surface area contributed by atoms with Gasteiger partial charge in [-0.1, -0.05) is 0 Å². The lowest BCUT2D eigenvalue weighted by molar-refractivity contribution is -0.116. The van der Waals surface area contributed by atoms with Crippen LogP contribution in [0.3, 0.4) is 0 Å². The van der Waals surface area contributed by atoms with Gasteiger partial charge in [0.15, 0.2) is 0 Å². The third-order valence-electron chi connectivity index (χ3n) is 2.30. The smallest absolute Gasteiger partial charge is 0.224 e. The minimum atomic E-state index is -0.0674. The van der Waals surface area contributed by atoms with E-state index in [4.69, 9.17) is 5.11 Å². The van der Waals surface area contributed by atoms with E-state index in [2.05, 4.69) is 5.32 Å². The van der Waals surface area contributed by atoms with Gasteiger partial charge in [-0.25, -0.2) is 0 Å². The number of nitrogens with one attached hydrogen (secondary N) is 1. The van der Waals surface area contributed by atoms with Gasteiger partial charge in [-0.3, -0.25) is 4.79 Å². The molecule has 0 fully saturated rings. The van der Waals surface area contributed by atoms with E-state index < -0.39 is 0 Å². The molecule has 1 aromatic carbocycles. The minimum absolute atomic E-state index is 0.0674. The van der Waals surface area contributed by atoms with Crippen molar-refractivity contribution in [2.45, 2.75) is 26.2 Å². The molecule has 3 N–H and O–H groups in total. The third-order valence-corrected chi connectivity index (χ3v) is 2.30. The number of unbranched alkanes of at least 4 members (excludes halogenated alkanes) is 1. The van der Waals surface area contributed by atoms with Crippen LogP contribution in [0.25, 0.3) is 0 Å². The van der Waals surface area contributed by atoms with E-state index >= 15 is 0 Å². The molecular formula is C12H17NO3. The molecule has 0 atom stereocenters. The van der Waals surface area contributed by atoms with Crippen LogP contribution < -0.4 is 5.32 Å². The molecule has 0 radical (unpaired) electrons.